The summed E-state index contributed by atoms with van der Waals surface area (Å²) < 4.78 is 11.2. The Bertz CT molecular complexity index is 2620. The Labute approximate surface area is 298 Å². The number of aromatic nitrogens is 2. The molecular formula is C40H29GaN8O2. The van der Waals surface area contributed by atoms with Gasteiger partial charge in [-0.15, -0.1) is 0 Å². The number of rotatable bonds is 3. The molecule has 4 aromatic carbocycles. The van der Waals surface area contributed by atoms with Crippen LogP contribution >= 0.6 is 0 Å². The number of amidine groups is 4. The molecule has 0 N–H and O–H groups in total. The molecule has 0 amide bonds. The van der Waals surface area contributed by atoms with Gasteiger partial charge in [0.2, 0.25) is 0 Å². The van der Waals surface area contributed by atoms with Crippen LogP contribution in [0.2, 0.25) is 0 Å². The molecule has 6 bridgehead atoms. The monoisotopic (exact) mass is 722 g/mol. The molecule has 11 rings (SSSR count). The molecule has 1 fully saturated rings. The molecule has 10 nitrogen and oxygen atoms in total. The van der Waals surface area contributed by atoms with Crippen LogP contribution in [0.25, 0.3) is 21.5 Å². The van der Waals surface area contributed by atoms with E-state index in [0.717, 1.165) is 69.5 Å². The fraction of sp³-hybridized carbons (Fsp3) is 0.175. The molecule has 6 heterocycles. The molecule has 2 aromatic heterocycles. The summed E-state index contributed by atoms with van der Waals surface area (Å²) in [6.07, 6.45) is 5.99. The number of hydrogen-bond acceptors (Lipinski definition) is 8. The van der Waals surface area contributed by atoms with E-state index in [9.17, 15) is 4.79 Å². The summed E-state index contributed by atoms with van der Waals surface area (Å²) >= 11 is -3.94. The number of hydrogen-bond donors (Lipinski definition) is 0. The number of carbonyl (C=O) groups excluding carboxylic acids is 1. The maximum atomic E-state index is 14.3. The van der Waals surface area contributed by atoms with Crippen molar-refractivity contribution in [3.05, 3.63) is 130 Å². The van der Waals surface area contributed by atoms with Crippen LogP contribution in [0.4, 0.5) is 11.6 Å². The minimum atomic E-state index is -3.94. The van der Waals surface area contributed by atoms with Crippen LogP contribution in [0.15, 0.2) is 127 Å². The SMILES string of the molecule is O=C(CC1CCCCC1)[O][Ga]1[n]2c3c4ccccc4c2N=C2N=C(N=c4c5ccccc5c([n]41)=NC1=NC(=N3)c3ccccc31)c1ccccc12. The Hall–Kier alpha value is -5.65. The zero-order valence-corrected chi connectivity index (χ0v) is 30.0. The Kier molecular flexibility index (Phi) is 6.38. The van der Waals surface area contributed by atoms with Crippen molar-refractivity contribution in [2.45, 2.75) is 38.5 Å². The molecule has 0 atom stereocenters. The summed E-state index contributed by atoms with van der Waals surface area (Å²) in [4.78, 5) is 45.9. The molecule has 5 aliphatic rings. The van der Waals surface area contributed by atoms with Gasteiger partial charge in [-0.25, -0.2) is 0 Å². The molecule has 1 saturated carbocycles. The summed E-state index contributed by atoms with van der Waals surface area (Å²) in [7, 11) is 0. The first-order valence-electron chi connectivity index (χ1n) is 17.6. The molecule has 6 aromatic rings. The van der Waals surface area contributed by atoms with Gasteiger partial charge < -0.3 is 0 Å². The maximum absolute atomic E-state index is 14.3. The van der Waals surface area contributed by atoms with Crippen molar-refractivity contribution >= 4 is 79.6 Å². The van der Waals surface area contributed by atoms with Gasteiger partial charge in [0.1, 0.15) is 0 Å². The minimum absolute atomic E-state index is 0.196. The van der Waals surface area contributed by atoms with E-state index in [1.807, 2.05) is 72.8 Å². The fourth-order valence-corrected chi connectivity index (χ4v) is 13.3. The third-order valence-corrected chi connectivity index (χ3v) is 15.6. The van der Waals surface area contributed by atoms with Gasteiger partial charge in [0.15, 0.2) is 0 Å². The first kappa shape index (κ1) is 29.1. The van der Waals surface area contributed by atoms with Gasteiger partial charge >= 0.3 is 299 Å². The number of aliphatic imine (C=N–C) groups is 4. The zero-order valence-electron chi connectivity index (χ0n) is 27.5. The Morgan fingerprint density at radius 3 is 1.47 bits per heavy atom. The topological polar surface area (TPSA) is 110 Å². The van der Waals surface area contributed by atoms with Crippen LogP contribution in [-0.2, 0) is 8.32 Å². The second-order valence-corrected chi connectivity index (χ2v) is 17.7. The first-order chi connectivity index (χ1) is 25.2. The van der Waals surface area contributed by atoms with E-state index in [-0.39, 0.29) is 5.97 Å². The summed E-state index contributed by atoms with van der Waals surface area (Å²) in [6, 6.07) is 32.5. The van der Waals surface area contributed by atoms with Gasteiger partial charge in [0, 0.05) is 0 Å². The van der Waals surface area contributed by atoms with E-state index in [1.54, 1.807) is 0 Å². The molecule has 0 unspecified atom stereocenters. The summed E-state index contributed by atoms with van der Waals surface area (Å²) in [5.41, 5.74) is 4.91. The van der Waals surface area contributed by atoms with Crippen molar-refractivity contribution in [1.29, 1.82) is 0 Å². The summed E-state index contributed by atoms with van der Waals surface area (Å²) in [6.45, 7) is 0. The van der Waals surface area contributed by atoms with Crippen molar-refractivity contribution in [2.24, 2.45) is 35.9 Å². The van der Waals surface area contributed by atoms with E-state index >= 15 is 0 Å². The predicted molar refractivity (Wildman–Crippen MR) is 198 cm³/mol. The Balaban J connectivity index is 1.32. The number of benzene rings is 4. The second-order valence-electron chi connectivity index (χ2n) is 13.7. The fourth-order valence-electron chi connectivity index (χ4n) is 8.28. The van der Waals surface area contributed by atoms with E-state index in [1.165, 1.54) is 6.42 Å². The molecule has 0 spiro atoms. The van der Waals surface area contributed by atoms with Gasteiger partial charge in [0.05, 0.1) is 0 Å². The Morgan fingerprint density at radius 1 is 0.549 bits per heavy atom. The van der Waals surface area contributed by atoms with Crippen molar-refractivity contribution in [2.75, 3.05) is 0 Å². The van der Waals surface area contributed by atoms with Crippen molar-refractivity contribution in [3.8, 4) is 0 Å². The van der Waals surface area contributed by atoms with E-state index in [2.05, 4.69) is 30.8 Å². The van der Waals surface area contributed by atoms with Gasteiger partial charge in [0.25, 0.3) is 0 Å². The molecule has 51 heavy (non-hydrogen) atoms. The average Bonchev–Trinajstić information content (AvgIpc) is 3.88. The number of fused-ring (bicyclic) bond motifs is 14. The second kappa shape index (κ2) is 11.2. The normalized spacial score (nSPS) is 17.1. The summed E-state index contributed by atoms with van der Waals surface area (Å²) in [5.74, 6) is 3.69. The number of nitrogens with zero attached hydrogens (tertiary/aromatic N) is 8. The van der Waals surface area contributed by atoms with Crippen LogP contribution in [0.5, 0.6) is 0 Å². The van der Waals surface area contributed by atoms with Crippen molar-refractivity contribution in [3.63, 3.8) is 0 Å². The van der Waals surface area contributed by atoms with Gasteiger partial charge in [-0.1, -0.05) is 0 Å². The van der Waals surface area contributed by atoms with E-state index < -0.39 is 17.1 Å². The van der Waals surface area contributed by atoms with Crippen molar-refractivity contribution in [1.82, 2.24) is 6.55 Å². The quantitative estimate of drug-likeness (QED) is 0.196. The van der Waals surface area contributed by atoms with Crippen LogP contribution in [0.1, 0.15) is 60.8 Å². The van der Waals surface area contributed by atoms with Gasteiger partial charge in [-0.3, -0.25) is 0 Å². The van der Waals surface area contributed by atoms with Gasteiger partial charge in [-0.05, 0) is 0 Å². The predicted octanol–water partition coefficient (Wildman–Crippen LogP) is 6.43. The molecule has 0 radical (unpaired) electrons. The van der Waals surface area contributed by atoms with E-state index in [0.29, 0.717) is 58.3 Å². The first-order valence-corrected chi connectivity index (χ1v) is 20.8. The van der Waals surface area contributed by atoms with Crippen LogP contribution in [0, 0.1) is 5.92 Å². The molecule has 11 heteroatoms. The molecular weight excluding hydrogens is 694 g/mol. The molecule has 244 valence electrons. The standard InChI is InChI=1S/C32H16N8.C8H14O2.Ga/c1-2-10-18-17(9-1)25-33-26(18)38-28-21-13-5-6-14-22(21)30(35-28)40-32-24-16-8-7-15-23(24)31(36-32)39-29-20-12-4-3-11-19(20)27(34-29)37-25;9-8(10)6-7-4-2-1-3-5-7;/h1-16H;7H,1-6H2,(H,9,10);/q-2;;+3/p-1. The molecule has 0 saturated heterocycles. The Morgan fingerprint density at radius 2 is 0.980 bits per heavy atom. The zero-order chi connectivity index (χ0) is 33.6. The van der Waals surface area contributed by atoms with Crippen LogP contribution in [-0.4, -0.2) is 52.9 Å². The molecule has 4 aliphatic heterocycles. The van der Waals surface area contributed by atoms with Crippen LogP contribution in [0.3, 0.4) is 0 Å². The van der Waals surface area contributed by atoms with Crippen LogP contribution < -0.4 is 11.0 Å². The van der Waals surface area contributed by atoms with Crippen molar-refractivity contribution < 1.29 is 8.32 Å². The summed E-state index contributed by atoms with van der Waals surface area (Å²) in [5, 5.41) is 3.59. The average molecular weight is 723 g/mol. The molecule has 1 aliphatic carbocycles. The van der Waals surface area contributed by atoms with Gasteiger partial charge in [-0.2, -0.15) is 0 Å². The third kappa shape index (κ3) is 4.41. The third-order valence-electron chi connectivity index (χ3n) is 10.7. The number of carbonyl (C=O) groups is 1. The van der Waals surface area contributed by atoms with E-state index in [4.69, 9.17) is 33.5 Å².